The highest BCUT2D eigenvalue weighted by Crippen LogP contribution is 2.31. The quantitative estimate of drug-likeness (QED) is 0.911. The van der Waals surface area contributed by atoms with Crippen molar-refractivity contribution in [3.8, 4) is 0 Å². The van der Waals surface area contributed by atoms with Crippen LogP contribution in [0.25, 0.3) is 0 Å². The molecule has 94 valence electrons. The molecule has 0 bridgehead atoms. The molecule has 17 heavy (non-hydrogen) atoms. The van der Waals surface area contributed by atoms with Crippen molar-refractivity contribution in [3.05, 3.63) is 16.2 Å². The van der Waals surface area contributed by atoms with Crippen LogP contribution < -0.4 is 10.6 Å². The van der Waals surface area contributed by atoms with Crippen molar-refractivity contribution in [2.45, 2.75) is 26.4 Å². The van der Waals surface area contributed by atoms with Gasteiger partial charge in [-0.15, -0.1) is 0 Å². The number of pyridine rings is 1. The molecule has 1 aromatic heterocycles. The Labute approximate surface area is 110 Å². The molecule has 1 atom stereocenters. The van der Waals surface area contributed by atoms with Crippen molar-refractivity contribution >= 4 is 27.4 Å². The zero-order chi connectivity index (χ0) is 12.4. The minimum atomic E-state index is 0.301. The van der Waals surface area contributed by atoms with Gasteiger partial charge in [0.2, 0.25) is 0 Å². The van der Waals surface area contributed by atoms with Crippen LogP contribution in [0.1, 0.15) is 18.9 Å². The van der Waals surface area contributed by atoms with Crippen LogP contribution in [0.15, 0.2) is 10.7 Å². The van der Waals surface area contributed by atoms with E-state index < -0.39 is 0 Å². The molecule has 1 fully saturated rings. The normalized spacial score (nSPS) is 20.6. The predicted molar refractivity (Wildman–Crippen MR) is 73.3 cm³/mol. The lowest BCUT2D eigenvalue weighted by Gasteiger charge is -2.34. The van der Waals surface area contributed by atoms with E-state index in [2.05, 4.69) is 32.7 Å². The topological polar surface area (TPSA) is 51.4 Å². The Balaban J connectivity index is 2.25. The number of nitrogens with two attached hydrogens (primary N) is 1. The number of rotatable bonds is 2. The van der Waals surface area contributed by atoms with Gasteiger partial charge in [0.1, 0.15) is 5.82 Å². The van der Waals surface area contributed by atoms with Gasteiger partial charge in [-0.1, -0.05) is 6.92 Å². The van der Waals surface area contributed by atoms with Crippen molar-refractivity contribution in [3.63, 3.8) is 0 Å². The van der Waals surface area contributed by atoms with Gasteiger partial charge in [0.25, 0.3) is 0 Å². The van der Waals surface area contributed by atoms with Crippen molar-refractivity contribution in [2.24, 2.45) is 0 Å². The van der Waals surface area contributed by atoms with Crippen molar-refractivity contribution in [2.75, 3.05) is 30.3 Å². The van der Waals surface area contributed by atoms with Gasteiger partial charge in [-0.05, 0) is 34.8 Å². The molecule has 0 aliphatic carbocycles. The Hall–Kier alpha value is -0.810. The Morgan fingerprint density at radius 3 is 3.12 bits per heavy atom. The van der Waals surface area contributed by atoms with Gasteiger partial charge in [-0.25, -0.2) is 4.98 Å². The average Bonchev–Trinajstić information content (AvgIpc) is 2.36. The zero-order valence-corrected chi connectivity index (χ0v) is 11.8. The molecule has 1 saturated heterocycles. The monoisotopic (exact) mass is 299 g/mol. The second-order valence-corrected chi connectivity index (χ2v) is 5.12. The van der Waals surface area contributed by atoms with Crippen LogP contribution in [0.2, 0.25) is 0 Å². The summed E-state index contributed by atoms with van der Waals surface area (Å²) < 4.78 is 6.66. The van der Waals surface area contributed by atoms with Crippen LogP contribution in [0, 0.1) is 6.92 Å². The lowest BCUT2D eigenvalue weighted by molar-refractivity contribution is 0.0381. The fraction of sp³-hybridized carbons (Fsp3) is 0.583. The molecule has 1 aromatic rings. The Bertz CT molecular complexity index is 411. The van der Waals surface area contributed by atoms with E-state index in [-0.39, 0.29) is 0 Å². The molecule has 2 heterocycles. The van der Waals surface area contributed by atoms with Crippen molar-refractivity contribution < 1.29 is 4.74 Å². The summed E-state index contributed by atoms with van der Waals surface area (Å²) in [7, 11) is 0. The third-order valence-electron chi connectivity index (χ3n) is 3.18. The molecule has 2 rings (SSSR count). The standard InChI is InChI=1S/C12H18BrN3O/c1-3-9-7-16(4-5-17-9)12-11(13)8(2)10(14)6-15-12/h6,9H,3-5,7,14H2,1-2H3. The number of nitrogens with zero attached hydrogens (tertiary/aromatic N) is 2. The molecule has 4 nitrogen and oxygen atoms in total. The highest BCUT2D eigenvalue weighted by molar-refractivity contribution is 9.10. The number of morpholine rings is 1. The number of hydrogen-bond acceptors (Lipinski definition) is 4. The Morgan fingerprint density at radius 1 is 1.65 bits per heavy atom. The molecule has 0 amide bonds. The summed E-state index contributed by atoms with van der Waals surface area (Å²) in [5.41, 5.74) is 7.61. The summed E-state index contributed by atoms with van der Waals surface area (Å²) in [5.74, 6) is 0.971. The molecule has 0 spiro atoms. The van der Waals surface area contributed by atoms with Gasteiger partial charge >= 0.3 is 0 Å². The molecule has 0 aromatic carbocycles. The molecular weight excluding hydrogens is 282 g/mol. The van der Waals surface area contributed by atoms with Crippen LogP contribution in [0.3, 0.4) is 0 Å². The zero-order valence-electron chi connectivity index (χ0n) is 10.2. The van der Waals surface area contributed by atoms with Crippen LogP contribution in [0.4, 0.5) is 11.5 Å². The summed E-state index contributed by atoms with van der Waals surface area (Å²) in [4.78, 5) is 6.69. The SMILES string of the molecule is CCC1CN(c2ncc(N)c(C)c2Br)CCO1. The first-order chi connectivity index (χ1) is 8.13. The lowest BCUT2D eigenvalue weighted by atomic mass is 10.2. The van der Waals surface area contributed by atoms with E-state index in [1.165, 1.54) is 0 Å². The van der Waals surface area contributed by atoms with Crippen LogP contribution in [-0.2, 0) is 4.74 Å². The first-order valence-electron chi connectivity index (χ1n) is 5.90. The van der Waals surface area contributed by atoms with Crippen LogP contribution >= 0.6 is 15.9 Å². The summed E-state index contributed by atoms with van der Waals surface area (Å²) in [6.45, 7) is 6.68. The third kappa shape index (κ3) is 2.55. The molecule has 1 unspecified atom stereocenters. The molecule has 0 radical (unpaired) electrons. The maximum atomic E-state index is 5.84. The predicted octanol–water partition coefficient (Wildman–Crippen LogP) is 2.35. The minimum Gasteiger partial charge on any atom is -0.397 e. The van der Waals surface area contributed by atoms with Gasteiger partial charge < -0.3 is 15.4 Å². The van der Waals surface area contributed by atoms with Crippen molar-refractivity contribution in [1.29, 1.82) is 0 Å². The van der Waals surface area contributed by atoms with Gasteiger partial charge in [0.15, 0.2) is 0 Å². The van der Waals surface area contributed by atoms with E-state index in [0.29, 0.717) is 6.10 Å². The first-order valence-corrected chi connectivity index (χ1v) is 6.70. The number of aromatic nitrogens is 1. The summed E-state index contributed by atoms with van der Waals surface area (Å²) in [6, 6.07) is 0. The number of nitrogen functional groups attached to an aromatic ring is 1. The maximum Gasteiger partial charge on any atom is 0.143 e. The summed E-state index contributed by atoms with van der Waals surface area (Å²) >= 11 is 3.58. The van der Waals surface area contributed by atoms with Crippen molar-refractivity contribution in [1.82, 2.24) is 4.98 Å². The molecule has 1 aliphatic heterocycles. The fourth-order valence-electron chi connectivity index (χ4n) is 1.96. The summed E-state index contributed by atoms with van der Waals surface area (Å²) in [5, 5.41) is 0. The summed E-state index contributed by atoms with van der Waals surface area (Å²) in [6.07, 6.45) is 3.06. The smallest absolute Gasteiger partial charge is 0.143 e. The van der Waals surface area contributed by atoms with E-state index >= 15 is 0 Å². The number of halogens is 1. The second kappa shape index (κ2) is 5.23. The Kier molecular flexibility index (Phi) is 3.89. The Morgan fingerprint density at radius 2 is 2.41 bits per heavy atom. The lowest BCUT2D eigenvalue weighted by Crippen LogP contribution is -2.42. The number of anilines is 2. The van der Waals surface area contributed by atoms with Gasteiger partial charge in [-0.2, -0.15) is 0 Å². The second-order valence-electron chi connectivity index (χ2n) is 4.32. The van der Waals surface area contributed by atoms with Gasteiger partial charge in [0, 0.05) is 13.1 Å². The molecule has 1 aliphatic rings. The maximum absolute atomic E-state index is 5.84. The van der Waals surface area contributed by atoms with Crippen LogP contribution in [0.5, 0.6) is 0 Å². The van der Waals surface area contributed by atoms with Gasteiger partial charge in [0.05, 0.1) is 29.1 Å². The van der Waals surface area contributed by atoms with E-state index in [4.69, 9.17) is 10.5 Å². The number of ether oxygens (including phenoxy) is 1. The average molecular weight is 300 g/mol. The fourth-order valence-corrected chi connectivity index (χ4v) is 2.54. The van der Waals surface area contributed by atoms with Gasteiger partial charge in [-0.3, -0.25) is 0 Å². The first kappa shape index (κ1) is 12.6. The minimum absolute atomic E-state index is 0.301. The van der Waals surface area contributed by atoms with Crippen LogP contribution in [-0.4, -0.2) is 30.8 Å². The highest BCUT2D eigenvalue weighted by Gasteiger charge is 2.22. The molecule has 5 heteroatoms. The van der Waals surface area contributed by atoms with E-state index in [1.54, 1.807) is 6.20 Å². The largest absolute Gasteiger partial charge is 0.397 e. The molecule has 2 N–H and O–H groups in total. The van der Waals surface area contributed by atoms with E-state index in [1.807, 2.05) is 6.92 Å². The molecular formula is C12H18BrN3O. The highest BCUT2D eigenvalue weighted by atomic mass is 79.9. The molecule has 0 saturated carbocycles. The number of hydrogen-bond donors (Lipinski definition) is 1. The van der Waals surface area contributed by atoms with E-state index in [0.717, 1.165) is 47.7 Å². The van der Waals surface area contributed by atoms with E-state index in [9.17, 15) is 0 Å². The third-order valence-corrected chi connectivity index (χ3v) is 4.13.